The molecular weight excluding hydrogens is 270 g/mol. The van der Waals surface area contributed by atoms with Crippen molar-refractivity contribution in [1.29, 1.82) is 0 Å². The molecule has 0 unspecified atom stereocenters. The van der Waals surface area contributed by atoms with Crippen molar-refractivity contribution >= 4 is 19.1 Å². The van der Waals surface area contributed by atoms with E-state index in [1.807, 2.05) is 20.8 Å². The highest BCUT2D eigenvalue weighted by atomic mass is 32.2. The molecule has 0 amide bonds. The summed E-state index contributed by atoms with van der Waals surface area (Å²) in [5.74, 6) is 3.70. The zero-order chi connectivity index (χ0) is 15.5. The second-order valence-electron chi connectivity index (χ2n) is 7.78. The molecule has 0 aliphatic carbocycles. The minimum atomic E-state index is -1.33. The molecule has 112 valence electrons. The first-order chi connectivity index (χ1) is 8.28. The van der Waals surface area contributed by atoms with Gasteiger partial charge in [0.05, 0.1) is 15.7 Å². The smallest absolute Gasteiger partial charge is 0.129 e. The van der Waals surface area contributed by atoms with Gasteiger partial charge in [-0.25, -0.2) is 8.93 Å². The lowest BCUT2D eigenvalue weighted by molar-refractivity contribution is 0.316. The van der Waals surface area contributed by atoms with E-state index >= 15 is 0 Å². The van der Waals surface area contributed by atoms with E-state index in [1.54, 1.807) is 0 Å². The Bertz CT molecular complexity index is 382. The molecule has 2 nitrogen and oxygen atoms in total. The molecular formula is C15H31NOSSi. The minimum absolute atomic E-state index is 0.204. The molecule has 0 aliphatic rings. The standard InChI is InChI=1S/C15H31NOSSi/c1-13(2)15(6,11-10-12-19(7,8)9)16-18(17)14(3,4)5/h13,16H,11H2,1-9H3/t15-,18-/m0/s1. The summed E-state index contributed by atoms with van der Waals surface area (Å²) in [4.78, 5) is 0. The van der Waals surface area contributed by atoms with Crippen LogP contribution in [0, 0.1) is 17.4 Å². The highest BCUT2D eigenvalue weighted by Crippen LogP contribution is 2.23. The SMILES string of the molecule is CC(C)[C@](C)(CC#C[Si](C)(C)C)N[S@@](=O)C(C)(C)C. The van der Waals surface area contributed by atoms with E-state index in [9.17, 15) is 4.21 Å². The molecule has 0 aromatic carbocycles. The summed E-state index contributed by atoms with van der Waals surface area (Å²) < 4.78 is 15.4. The van der Waals surface area contributed by atoms with Gasteiger partial charge in [-0.15, -0.1) is 11.5 Å². The molecule has 19 heavy (non-hydrogen) atoms. The third-order valence-corrected chi connectivity index (χ3v) is 5.77. The van der Waals surface area contributed by atoms with E-state index in [4.69, 9.17) is 0 Å². The van der Waals surface area contributed by atoms with E-state index in [1.165, 1.54) is 0 Å². The number of hydrogen-bond donors (Lipinski definition) is 1. The van der Waals surface area contributed by atoms with Gasteiger partial charge in [-0.1, -0.05) is 33.5 Å². The predicted octanol–water partition coefficient (Wildman–Crippen LogP) is 3.72. The molecule has 0 heterocycles. The summed E-state index contributed by atoms with van der Waals surface area (Å²) in [5.41, 5.74) is 3.19. The average Bonchev–Trinajstić information content (AvgIpc) is 2.13. The maximum absolute atomic E-state index is 12.3. The third-order valence-electron chi connectivity index (χ3n) is 3.08. The fourth-order valence-corrected chi connectivity index (χ4v) is 2.87. The summed E-state index contributed by atoms with van der Waals surface area (Å²) >= 11 is 0. The first-order valence-corrected chi connectivity index (χ1v) is 11.6. The summed E-state index contributed by atoms with van der Waals surface area (Å²) in [6.45, 7) is 19.1. The number of hydrogen-bond acceptors (Lipinski definition) is 1. The second-order valence-corrected chi connectivity index (χ2v) is 14.5. The van der Waals surface area contributed by atoms with Gasteiger partial charge in [-0.2, -0.15) is 0 Å². The molecule has 0 aliphatic heterocycles. The molecule has 0 bridgehead atoms. The average molecular weight is 302 g/mol. The lowest BCUT2D eigenvalue weighted by atomic mass is 9.87. The van der Waals surface area contributed by atoms with Gasteiger partial charge in [0.1, 0.15) is 8.07 Å². The third kappa shape index (κ3) is 7.29. The van der Waals surface area contributed by atoms with Crippen molar-refractivity contribution in [3.05, 3.63) is 0 Å². The van der Waals surface area contributed by atoms with E-state index < -0.39 is 19.1 Å². The van der Waals surface area contributed by atoms with Gasteiger partial charge in [0.15, 0.2) is 0 Å². The van der Waals surface area contributed by atoms with Crippen molar-refractivity contribution in [3.63, 3.8) is 0 Å². The lowest BCUT2D eigenvalue weighted by Gasteiger charge is -2.35. The molecule has 0 radical (unpaired) electrons. The van der Waals surface area contributed by atoms with Crippen LogP contribution in [0.1, 0.15) is 48.0 Å². The monoisotopic (exact) mass is 301 g/mol. The highest BCUT2D eigenvalue weighted by Gasteiger charge is 2.33. The Morgan fingerprint density at radius 3 is 1.95 bits per heavy atom. The highest BCUT2D eigenvalue weighted by molar-refractivity contribution is 7.84. The molecule has 0 saturated heterocycles. The summed E-state index contributed by atoms with van der Waals surface area (Å²) in [6, 6.07) is 0. The lowest BCUT2D eigenvalue weighted by Crippen LogP contribution is -2.51. The Labute approximate surface area is 123 Å². The van der Waals surface area contributed by atoms with Crippen LogP contribution in [0.5, 0.6) is 0 Å². The van der Waals surface area contributed by atoms with Gasteiger partial charge >= 0.3 is 0 Å². The Hall–Kier alpha value is -0.113. The van der Waals surface area contributed by atoms with Crippen molar-refractivity contribution in [3.8, 4) is 11.5 Å². The Morgan fingerprint density at radius 2 is 1.63 bits per heavy atom. The van der Waals surface area contributed by atoms with Gasteiger partial charge in [0, 0.05) is 12.0 Å². The van der Waals surface area contributed by atoms with Crippen LogP contribution in [-0.4, -0.2) is 22.6 Å². The molecule has 2 atom stereocenters. The molecule has 4 heteroatoms. The minimum Gasteiger partial charge on any atom is -0.242 e. The van der Waals surface area contributed by atoms with Crippen molar-refractivity contribution in [2.45, 2.75) is 77.9 Å². The van der Waals surface area contributed by atoms with Crippen LogP contribution in [-0.2, 0) is 11.0 Å². The van der Waals surface area contributed by atoms with Gasteiger partial charge in [-0.05, 0) is 33.6 Å². The summed E-state index contributed by atoms with van der Waals surface area (Å²) in [5, 5.41) is 0. The van der Waals surface area contributed by atoms with Crippen molar-refractivity contribution in [2.75, 3.05) is 0 Å². The molecule has 0 aromatic heterocycles. The van der Waals surface area contributed by atoms with E-state index in [-0.39, 0.29) is 10.3 Å². The first kappa shape index (κ1) is 18.9. The van der Waals surface area contributed by atoms with E-state index in [0.717, 1.165) is 6.42 Å². The van der Waals surface area contributed by atoms with Crippen LogP contribution >= 0.6 is 0 Å². The van der Waals surface area contributed by atoms with Gasteiger partial charge in [0.2, 0.25) is 0 Å². The Balaban J connectivity index is 4.97. The van der Waals surface area contributed by atoms with Crippen LogP contribution in [0.25, 0.3) is 0 Å². The fourth-order valence-electron chi connectivity index (χ4n) is 1.22. The number of rotatable bonds is 4. The topological polar surface area (TPSA) is 29.1 Å². The van der Waals surface area contributed by atoms with Crippen LogP contribution in [0.2, 0.25) is 19.6 Å². The Morgan fingerprint density at radius 1 is 1.16 bits per heavy atom. The first-order valence-electron chi connectivity index (χ1n) is 6.98. The Kier molecular flexibility index (Phi) is 6.52. The van der Waals surface area contributed by atoms with Crippen LogP contribution < -0.4 is 4.72 Å². The summed E-state index contributed by atoms with van der Waals surface area (Å²) in [7, 11) is -2.39. The van der Waals surface area contributed by atoms with Crippen LogP contribution in [0.3, 0.4) is 0 Å². The van der Waals surface area contributed by atoms with Gasteiger partial charge in [-0.3, -0.25) is 0 Å². The zero-order valence-corrected chi connectivity index (χ0v) is 15.9. The zero-order valence-electron chi connectivity index (χ0n) is 14.1. The maximum Gasteiger partial charge on any atom is 0.129 e. The largest absolute Gasteiger partial charge is 0.242 e. The molecule has 0 aromatic rings. The summed E-state index contributed by atoms with van der Waals surface area (Å²) in [6.07, 6.45) is 0.747. The predicted molar refractivity (Wildman–Crippen MR) is 90.0 cm³/mol. The quantitative estimate of drug-likeness (QED) is 0.622. The fraction of sp³-hybridized carbons (Fsp3) is 0.867. The van der Waals surface area contributed by atoms with Crippen LogP contribution in [0.15, 0.2) is 0 Å². The molecule has 0 saturated carbocycles. The van der Waals surface area contributed by atoms with Gasteiger partial charge in [0.25, 0.3) is 0 Å². The second kappa shape index (κ2) is 6.56. The van der Waals surface area contributed by atoms with Crippen molar-refractivity contribution in [2.24, 2.45) is 5.92 Å². The van der Waals surface area contributed by atoms with Crippen molar-refractivity contribution in [1.82, 2.24) is 4.72 Å². The molecule has 0 spiro atoms. The molecule has 1 N–H and O–H groups in total. The van der Waals surface area contributed by atoms with Crippen LogP contribution in [0.4, 0.5) is 0 Å². The van der Waals surface area contributed by atoms with E-state index in [0.29, 0.717) is 5.92 Å². The van der Waals surface area contributed by atoms with Crippen molar-refractivity contribution < 1.29 is 4.21 Å². The van der Waals surface area contributed by atoms with E-state index in [2.05, 4.69) is 56.6 Å². The van der Waals surface area contributed by atoms with Gasteiger partial charge < -0.3 is 0 Å². The number of nitrogens with one attached hydrogen (secondary N) is 1. The molecule has 0 rings (SSSR count). The maximum atomic E-state index is 12.3. The molecule has 0 fully saturated rings. The normalized spacial score (nSPS) is 17.6.